The van der Waals surface area contributed by atoms with Crippen LogP contribution in [0.15, 0.2) is 0 Å². The molecule has 0 aliphatic rings. The van der Waals surface area contributed by atoms with Crippen molar-refractivity contribution in [1.82, 2.24) is 9.97 Å². The van der Waals surface area contributed by atoms with Gasteiger partial charge in [-0.1, -0.05) is 0 Å². The molecule has 0 amide bonds. The molecule has 5 nitrogen and oxygen atoms in total. The van der Waals surface area contributed by atoms with Crippen LogP contribution in [0.3, 0.4) is 0 Å². The predicted molar refractivity (Wildman–Crippen MR) is 50.9 cm³/mol. The maximum Gasteiger partial charge on any atom is 0.311 e. The van der Waals surface area contributed by atoms with Crippen LogP contribution in [0, 0.1) is 27.8 Å². The number of hydrogen-bond donors (Lipinski definition) is 0. The Morgan fingerprint density at radius 3 is 2.08 bits per heavy atom. The first-order chi connectivity index (χ1) is 5.52. The molecule has 64 valence electrons. The van der Waals surface area contributed by atoms with Gasteiger partial charge in [-0.2, -0.15) is 0 Å². The number of nitrogens with zero attached hydrogens (tertiary/aromatic N) is 3. The molecular formula is C6H6IN3O2. The normalized spacial score (nSPS) is 9.92. The monoisotopic (exact) mass is 279 g/mol. The van der Waals surface area contributed by atoms with Crippen molar-refractivity contribution in [3.05, 3.63) is 25.3 Å². The first-order valence-electron chi connectivity index (χ1n) is 3.17. The molecule has 0 N–H and O–H groups in total. The van der Waals surface area contributed by atoms with Gasteiger partial charge in [-0.05, 0) is 13.8 Å². The summed E-state index contributed by atoms with van der Waals surface area (Å²) in [6.07, 6.45) is 0. The highest BCUT2D eigenvalue weighted by Gasteiger charge is 2.17. The van der Waals surface area contributed by atoms with Gasteiger partial charge in [-0.25, -0.2) is 9.97 Å². The average Bonchev–Trinajstić information content (AvgIpc) is 1.82. The molecule has 1 aromatic heterocycles. The molecule has 0 saturated carbocycles. The van der Waals surface area contributed by atoms with Crippen molar-refractivity contribution in [2.75, 3.05) is 0 Å². The van der Waals surface area contributed by atoms with E-state index in [1.807, 2.05) is 22.6 Å². The highest BCUT2D eigenvalue weighted by molar-refractivity contribution is 14.1. The SMILES string of the molecule is Cc1nc(I)nc(C)c1[N+](=O)[O-]. The second-order valence-electron chi connectivity index (χ2n) is 2.27. The molecule has 0 saturated heterocycles. The molecule has 1 heterocycles. The fourth-order valence-corrected chi connectivity index (χ4v) is 1.66. The summed E-state index contributed by atoms with van der Waals surface area (Å²) < 4.78 is 0.535. The molecule has 0 aliphatic carbocycles. The van der Waals surface area contributed by atoms with Gasteiger partial charge in [0.05, 0.1) is 4.92 Å². The van der Waals surface area contributed by atoms with Gasteiger partial charge in [0, 0.05) is 22.6 Å². The Balaban J connectivity index is 3.38. The van der Waals surface area contributed by atoms with Crippen molar-refractivity contribution in [2.24, 2.45) is 0 Å². The van der Waals surface area contributed by atoms with Gasteiger partial charge in [-0.15, -0.1) is 0 Å². The lowest BCUT2D eigenvalue weighted by atomic mass is 10.3. The van der Waals surface area contributed by atoms with Gasteiger partial charge in [0.25, 0.3) is 0 Å². The van der Waals surface area contributed by atoms with E-state index >= 15 is 0 Å². The molecule has 0 fully saturated rings. The fraction of sp³-hybridized carbons (Fsp3) is 0.333. The smallest absolute Gasteiger partial charge is 0.258 e. The van der Waals surface area contributed by atoms with Gasteiger partial charge < -0.3 is 0 Å². The Morgan fingerprint density at radius 1 is 1.33 bits per heavy atom. The molecule has 0 radical (unpaired) electrons. The van der Waals surface area contributed by atoms with Crippen LogP contribution in [0.2, 0.25) is 0 Å². The number of halogens is 1. The summed E-state index contributed by atoms with van der Waals surface area (Å²) in [6, 6.07) is 0. The van der Waals surface area contributed by atoms with E-state index in [4.69, 9.17) is 0 Å². The first kappa shape index (κ1) is 9.30. The van der Waals surface area contributed by atoms with Crippen LogP contribution in [-0.2, 0) is 0 Å². The van der Waals surface area contributed by atoms with E-state index in [0.717, 1.165) is 0 Å². The van der Waals surface area contributed by atoms with Gasteiger partial charge >= 0.3 is 5.69 Å². The van der Waals surface area contributed by atoms with Gasteiger partial charge in [0.1, 0.15) is 11.4 Å². The van der Waals surface area contributed by atoms with Gasteiger partial charge in [0.2, 0.25) is 0 Å². The van der Waals surface area contributed by atoms with E-state index in [0.29, 0.717) is 15.2 Å². The lowest BCUT2D eigenvalue weighted by molar-refractivity contribution is -0.386. The number of hydrogen-bond acceptors (Lipinski definition) is 4. The molecule has 0 aliphatic heterocycles. The van der Waals surface area contributed by atoms with Crippen LogP contribution in [0.5, 0.6) is 0 Å². The summed E-state index contributed by atoms with van der Waals surface area (Å²) in [5, 5.41) is 10.5. The minimum Gasteiger partial charge on any atom is -0.258 e. The van der Waals surface area contributed by atoms with Crippen molar-refractivity contribution in [3.8, 4) is 0 Å². The van der Waals surface area contributed by atoms with Crippen LogP contribution < -0.4 is 0 Å². The first-order valence-corrected chi connectivity index (χ1v) is 4.25. The summed E-state index contributed by atoms with van der Waals surface area (Å²) in [6.45, 7) is 3.21. The average molecular weight is 279 g/mol. The third kappa shape index (κ3) is 1.68. The number of rotatable bonds is 1. The Morgan fingerprint density at radius 2 is 1.75 bits per heavy atom. The van der Waals surface area contributed by atoms with E-state index in [-0.39, 0.29) is 5.69 Å². The third-order valence-corrected chi connectivity index (χ3v) is 1.87. The Bertz CT molecular complexity index is 317. The minimum atomic E-state index is -0.458. The predicted octanol–water partition coefficient (Wildman–Crippen LogP) is 1.61. The summed E-state index contributed by atoms with van der Waals surface area (Å²) in [7, 11) is 0. The van der Waals surface area contributed by atoms with Crippen molar-refractivity contribution in [3.63, 3.8) is 0 Å². The van der Waals surface area contributed by atoms with Crippen LogP contribution >= 0.6 is 22.6 Å². The second-order valence-corrected chi connectivity index (χ2v) is 3.23. The van der Waals surface area contributed by atoms with E-state index < -0.39 is 4.92 Å². The molecule has 1 aromatic rings. The molecule has 1 rings (SSSR count). The number of nitro groups is 1. The zero-order valence-electron chi connectivity index (χ0n) is 6.54. The van der Waals surface area contributed by atoms with E-state index in [9.17, 15) is 10.1 Å². The highest BCUT2D eigenvalue weighted by atomic mass is 127. The molecule has 0 aromatic carbocycles. The number of aryl methyl sites for hydroxylation is 2. The maximum atomic E-state index is 10.5. The third-order valence-electron chi connectivity index (χ3n) is 1.39. The summed E-state index contributed by atoms with van der Waals surface area (Å²) in [5.41, 5.74) is 0.837. The Hall–Kier alpha value is -0.790. The van der Waals surface area contributed by atoms with E-state index in [1.165, 1.54) is 0 Å². The number of aromatic nitrogens is 2. The maximum absolute atomic E-state index is 10.5. The Kier molecular flexibility index (Phi) is 2.55. The quantitative estimate of drug-likeness (QED) is 0.339. The summed E-state index contributed by atoms with van der Waals surface area (Å²) in [5.74, 6) is 0. The standard InChI is InChI=1S/C6H6IN3O2/c1-3-5(10(11)12)4(2)9-6(7)8-3/h1-2H3. The van der Waals surface area contributed by atoms with Crippen molar-refractivity contribution < 1.29 is 4.92 Å². The lowest BCUT2D eigenvalue weighted by Crippen LogP contribution is -2.02. The zero-order chi connectivity index (χ0) is 9.30. The van der Waals surface area contributed by atoms with Crippen LogP contribution in [0.4, 0.5) is 5.69 Å². The largest absolute Gasteiger partial charge is 0.311 e. The molecule has 0 atom stereocenters. The van der Waals surface area contributed by atoms with Crippen LogP contribution in [0.1, 0.15) is 11.4 Å². The molecule has 0 bridgehead atoms. The lowest BCUT2D eigenvalue weighted by Gasteiger charge is -1.99. The zero-order valence-corrected chi connectivity index (χ0v) is 8.69. The summed E-state index contributed by atoms with van der Waals surface area (Å²) >= 11 is 1.93. The topological polar surface area (TPSA) is 68.9 Å². The summed E-state index contributed by atoms with van der Waals surface area (Å²) in [4.78, 5) is 17.8. The van der Waals surface area contributed by atoms with Gasteiger partial charge in [0.15, 0.2) is 3.83 Å². The Labute approximate surface area is 82.5 Å². The van der Waals surface area contributed by atoms with Crippen LogP contribution in [-0.4, -0.2) is 14.9 Å². The minimum absolute atomic E-state index is 0.00964. The molecule has 0 spiro atoms. The van der Waals surface area contributed by atoms with Crippen LogP contribution in [0.25, 0.3) is 0 Å². The van der Waals surface area contributed by atoms with E-state index in [2.05, 4.69) is 9.97 Å². The molecule has 0 unspecified atom stereocenters. The van der Waals surface area contributed by atoms with E-state index in [1.54, 1.807) is 13.8 Å². The second kappa shape index (κ2) is 3.30. The van der Waals surface area contributed by atoms with Gasteiger partial charge in [-0.3, -0.25) is 10.1 Å². The highest BCUT2D eigenvalue weighted by Crippen LogP contribution is 2.19. The molecular weight excluding hydrogens is 273 g/mol. The van der Waals surface area contributed by atoms with Crippen molar-refractivity contribution in [2.45, 2.75) is 13.8 Å². The molecule has 12 heavy (non-hydrogen) atoms. The van der Waals surface area contributed by atoms with Crippen molar-refractivity contribution >= 4 is 28.3 Å². The molecule has 6 heteroatoms. The van der Waals surface area contributed by atoms with Crippen molar-refractivity contribution in [1.29, 1.82) is 0 Å². The fourth-order valence-electron chi connectivity index (χ4n) is 0.934.